The van der Waals surface area contributed by atoms with E-state index >= 15 is 0 Å². The molecule has 0 unspecified atom stereocenters. The number of rotatable bonds is 3. The number of quaternary nitrogens is 1. The molecule has 1 aromatic carbocycles. The van der Waals surface area contributed by atoms with Crippen molar-refractivity contribution in [3.05, 3.63) is 28.1 Å². The molecule has 23 heavy (non-hydrogen) atoms. The maximum absolute atomic E-state index is 14.5. The molecule has 2 fully saturated rings. The van der Waals surface area contributed by atoms with Crippen molar-refractivity contribution >= 4 is 17.1 Å². The molecular weight excluding hydrogens is 299 g/mol. The van der Waals surface area contributed by atoms with Gasteiger partial charge in [0, 0.05) is 13.1 Å². The summed E-state index contributed by atoms with van der Waals surface area (Å²) in [7, 11) is 2.13. The summed E-state index contributed by atoms with van der Waals surface area (Å²) in [6.45, 7) is 5.07. The number of nitro groups is 1. The third kappa shape index (κ3) is 3.39. The molecule has 7 heteroatoms. The van der Waals surface area contributed by atoms with Gasteiger partial charge >= 0.3 is 0 Å². The summed E-state index contributed by atoms with van der Waals surface area (Å²) in [5.41, 5.74) is 0.953. The molecule has 2 saturated heterocycles. The first kappa shape index (κ1) is 16.0. The highest BCUT2D eigenvalue weighted by molar-refractivity contribution is 5.71. The van der Waals surface area contributed by atoms with Crippen LogP contribution in [0.5, 0.6) is 0 Å². The van der Waals surface area contributed by atoms with Gasteiger partial charge in [-0.15, -0.1) is 0 Å². The van der Waals surface area contributed by atoms with Crippen LogP contribution in [0.1, 0.15) is 19.3 Å². The fraction of sp³-hybridized carbons (Fsp3) is 0.625. The standard InChI is InChI=1S/C16H23FN4O2/c1-18-7-9-20(10-8-18)14-12-15(19-5-3-2-4-6-19)16(21(22)23)11-13(14)17/h11-12H,2-10H2,1H3/p+1. The van der Waals surface area contributed by atoms with E-state index in [1.165, 1.54) is 4.90 Å². The summed E-state index contributed by atoms with van der Waals surface area (Å²) < 4.78 is 14.5. The monoisotopic (exact) mass is 323 g/mol. The second-order valence-electron chi connectivity index (χ2n) is 6.54. The van der Waals surface area contributed by atoms with E-state index in [0.717, 1.165) is 64.6 Å². The van der Waals surface area contributed by atoms with Crippen molar-refractivity contribution in [1.82, 2.24) is 0 Å². The first-order valence-electron chi connectivity index (χ1n) is 8.35. The highest BCUT2D eigenvalue weighted by atomic mass is 19.1. The lowest BCUT2D eigenvalue weighted by molar-refractivity contribution is -0.880. The van der Waals surface area contributed by atoms with Crippen molar-refractivity contribution in [2.75, 3.05) is 56.1 Å². The molecule has 1 aromatic rings. The first-order valence-corrected chi connectivity index (χ1v) is 8.35. The average Bonchev–Trinajstić information content (AvgIpc) is 2.56. The number of piperazine rings is 1. The van der Waals surface area contributed by atoms with Gasteiger partial charge in [0.15, 0.2) is 5.82 Å². The number of hydrogen-bond donors (Lipinski definition) is 1. The zero-order valence-corrected chi connectivity index (χ0v) is 13.6. The van der Waals surface area contributed by atoms with Crippen LogP contribution in [0.15, 0.2) is 12.1 Å². The lowest BCUT2D eigenvalue weighted by atomic mass is 10.1. The van der Waals surface area contributed by atoms with Crippen LogP contribution in [0.4, 0.5) is 21.5 Å². The summed E-state index contributed by atoms with van der Waals surface area (Å²) in [6, 6.07) is 2.80. The summed E-state index contributed by atoms with van der Waals surface area (Å²) >= 11 is 0. The number of anilines is 2. The van der Waals surface area contributed by atoms with Gasteiger partial charge in [-0.2, -0.15) is 0 Å². The Balaban J connectivity index is 1.95. The predicted octanol–water partition coefficient (Wildman–Crippen LogP) is 1.06. The van der Waals surface area contributed by atoms with Gasteiger partial charge < -0.3 is 14.7 Å². The normalized spacial score (nSPS) is 19.9. The van der Waals surface area contributed by atoms with Gasteiger partial charge in [-0.25, -0.2) is 4.39 Å². The molecule has 2 aliphatic rings. The molecule has 1 N–H and O–H groups in total. The Hall–Kier alpha value is -1.89. The molecular formula is C16H24FN4O2+. The quantitative estimate of drug-likeness (QED) is 0.667. The molecule has 0 aromatic heterocycles. The van der Waals surface area contributed by atoms with Crippen LogP contribution in [0.3, 0.4) is 0 Å². The number of hydrogen-bond acceptors (Lipinski definition) is 4. The Bertz CT molecular complexity index is 582. The van der Waals surface area contributed by atoms with Crippen LogP contribution in [0.2, 0.25) is 0 Å². The summed E-state index contributed by atoms with van der Waals surface area (Å²) in [5.74, 6) is -0.489. The third-order valence-electron chi connectivity index (χ3n) is 4.90. The third-order valence-corrected chi connectivity index (χ3v) is 4.90. The Labute approximate surface area is 135 Å². The fourth-order valence-electron chi connectivity index (χ4n) is 3.45. The van der Waals surface area contributed by atoms with Gasteiger partial charge in [0.1, 0.15) is 5.69 Å². The maximum Gasteiger partial charge on any atom is 0.295 e. The number of nitrogens with one attached hydrogen (secondary N) is 1. The van der Waals surface area contributed by atoms with E-state index in [2.05, 4.69) is 7.05 Å². The van der Waals surface area contributed by atoms with E-state index in [1.807, 2.05) is 9.80 Å². The molecule has 0 aliphatic carbocycles. The molecule has 0 bridgehead atoms. The number of benzene rings is 1. The number of piperidine rings is 1. The van der Waals surface area contributed by atoms with Crippen molar-refractivity contribution in [3.63, 3.8) is 0 Å². The molecule has 6 nitrogen and oxygen atoms in total. The van der Waals surface area contributed by atoms with E-state index in [4.69, 9.17) is 0 Å². The van der Waals surface area contributed by atoms with Gasteiger partial charge in [-0.1, -0.05) is 0 Å². The van der Waals surface area contributed by atoms with Gasteiger partial charge in [0.25, 0.3) is 5.69 Å². The summed E-state index contributed by atoms with van der Waals surface area (Å²) in [6.07, 6.45) is 3.21. The Morgan fingerprint density at radius 2 is 1.65 bits per heavy atom. The molecule has 3 rings (SSSR count). The zero-order chi connectivity index (χ0) is 16.4. The van der Waals surface area contributed by atoms with Crippen molar-refractivity contribution in [1.29, 1.82) is 0 Å². The predicted molar refractivity (Wildman–Crippen MR) is 88.0 cm³/mol. The number of halogens is 1. The van der Waals surface area contributed by atoms with Gasteiger partial charge in [-0.05, 0) is 25.3 Å². The number of nitrogens with zero attached hydrogens (tertiary/aromatic N) is 3. The minimum atomic E-state index is -0.489. The van der Waals surface area contributed by atoms with E-state index < -0.39 is 10.7 Å². The molecule has 2 heterocycles. The molecule has 0 atom stereocenters. The maximum atomic E-state index is 14.5. The van der Waals surface area contributed by atoms with Crippen LogP contribution in [0.25, 0.3) is 0 Å². The molecule has 126 valence electrons. The lowest BCUT2D eigenvalue weighted by Crippen LogP contribution is -3.12. The Morgan fingerprint density at radius 1 is 1.04 bits per heavy atom. The SMILES string of the molecule is C[NH+]1CCN(c2cc(N3CCCCC3)c([N+](=O)[O-])cc2F)CC1. The van der Waals surface area contributed by atoms with E-state index in [9.17, 15) is 14.5 Å². The Morgan fingerprint density at radius 3 is 2.26 bits per heavy atom. The molecule has 2 aliphatic heterocycles. The largest absolute Gasteiger partial charge is 0.366 e. The average molecular weight is 323 g/mol. The number of nitro benzene ring substituents is 1. The number of likely N-dealkylation sites (N-methyl/N-ethyl adjacent to an activating group) is 1. The molecule has 0 saturated carbocycles. The van der Waals surface area contributed by atoms with E-state index in [0.29, 0.717) is 11.4 Å². The van der Waals surface area contributed by atoms with Crippen molar-refractivity contribution < 1.29 is 14.2 Å². The van der Waals surface area contributed by atoms with Crippen molar-refractivity contribution in [2.45, 2.75) is 19.3 Å². The van der Waals surface area contributed by atoms with E-state index in [1.54, 1.807) is 6.07 Å². The highest BCUT2D eigenvalue weighted by Crippen LogP contribution is 2.36. The van der Waals surface area contributed by atoms with Crippen molar-refractivity contribution in [3.8, 4) is 0 Å². The van der Waals surface area contributed by atoms with Crippen LogP contribution >= 0.6 is 0 Å². The minimum Gasteiger partial charge on any atom is -0.366 e. The van der Waals surface area contributed by atoms with Gasteiger partial charge in [-0.3, -0.25) is 10.1 Å². The van der Waals surface area contributed by atoms with Gasteiger partial charge in [0.2, 0.25) is 0 Å². The lowest BCUT2D eigenvalue weighted by Gasteiger charge is -2.33. The minimum absolute atomic E-state index is 0.118. The molecule has 0 amide bonds. The fourth-order valence-corrected chi connectivity index (χ4v) is 3.45. The van der Waals surface area contributed by atoms with Crippen LogP contribution < -0.4 is 14.7 Å². The van der Waals surface area contributed by atoms with Crippen LogP contribution in [-0.2, 0) is 0 Å². The van der Waals surface area contributed by atoms with Crippen LogP contribution in [0, 0.1) is 15.9 Å². The summed E-state index contributed by atoms with van der Waals surface area (Å²) in [4.78, 5) is 16.4. The topological polar surface area (TPSA) is 54.1 Å². The van der Waals surface area contributed by atoms with Crippen LogP contribution in [-0.4, -0.2) is 51.2 Å². The zero-order valence-electron chi connectivity index (χ0n) is 13.6. The van der Waals surface area contributed by atoms with E-state index in [-0.39, 0.29) is 5.69 Å². The Kier molecular flexibility index (Phi) is 4.66. The highest BCUT2D eigenvalue weighted by Gasteiger charge is 2.27. The molecule has 0 spiro atoms. The first-order chi connectivity index (χ1) is 11.1. The molecule has 0 radical (unpaired) electrons. The second kappa shape index (κ2) is 6.70. The smallest absolute Gasteiger partial charge is 0.295 e. The second-order valence-corrected chi connectivity index (χ2v) is 6.54. The van der Waals surface area contributed by atoms with Crippen molar-refractivity contribution in [2.24, 2.45) is 0 Å². The van der Waals surface area contributed by atoms with Gasteiger partial charge in [0.05, 0.1) is 49.9 Å². The summed E-state index contributed by atoms with van der Waals surface area (Å²) in [5, 5.41) is 11.3.